The van der Waals surface area contributed by atoms with Gasteiger partial charge in [0.2, 0.25) is 0 Å². The second-order valence-corrected chi connectivity index (χ2v) is 7.51. The average Bonchev–Trinajstić information content (AvgIpc) is 2.96. The van der Waals surface area contributed by atoms with Gasteiger partial charge < -0.3 is 4.98 Å². The van der Waals surface area contributed by atoms with Gasteiger partial charge in [-0.3, -0.25) is 0 Å². The van der Waals surface area contributed by atoms with Crippen molar-refractivity contribution in [2.24, 2.45) is 0 Å². The van der Waals surface area contributed by atoms with Gasteiger partial charge in [0.05, 0.1) is 0 Å². The number of fused-ring (bicyclic) bond motifs is 1. The number of benzene rings is 1. The largest absolute Gasteiger partial charge is 0.358 e. The van der Waals surface area contributed by atoms with E-state index in [0.717, 1.165) is 0 Å². The maximum Gasteiger partial charge on any atom is 0.0456 e. The highest BCUT2D eigenvalue weighted by Gasteiger charge is 2.27. The number of nitrogens with one attached hydrogen (secondary N) is 1. The summed E-state index contributed by atoms with van der Waals surface area (Å²) in [5.74, 6) is 0. The first kappa shape index (κ1) is 15.6. The minimum atomic E-state index is 0.332. The molecule has 0 aliphatic heterocycles. The van der Waals surface area contributed by atoms with Gasteiger partial charge in [0, 0.05) is 16.6 Å². The van der Waals surface area contributed by atoms with Gasteiger partial charge in [-0.05, 0) is 30.4 Å². The summed E-state index contributed by atoms with van der Waals surface area (Å²) in [7, 11) is 0. The van der Waals surface area contributed by atoms with Crippen molar-refractivity contribution in [2.45, 2.75) is 83.0 Å². The van der Waals surface area contributed by atoms with Crippen LogP contribution in [0.5, 0.6) is 0 Å². The molecule has 1 heteroatoms. The van der Waals surface area contributed by atoms with Crippen molar-refractivity contribution >= 4 is 10.9 Å². The highest BCUT2D eigenvalue weighted by molar-refractivity contribution is 5.80. The van der Waals surface area contributed by atoms with E-state index in [1.807, 2.05) is 0 Å². The fourth-order valence-electron chi connectivity index (χ4n) is 4.06. The van der Waals surface area contributed by atoms with E-state index in [1.54, 1.807) is 0 Å². The lowest BCUT2D eigenvalue weighted by Crippen LogP contribution is -2.22. The molecule has 0 radical (unpaired) electrons. The van der Waals surface area contributed by atoms with Gasteiger partial charge in [0.25, 0.3) is 0 Å². The Kier molecular flexibility index (Phi) is 5.23. The standard InChI is InChI=1S/C21H31N/c1-21(20-17-18-13-9-10-14-19(18)22-20)15-11-7-5-3-2-4-6-8-12-16-21/h9-10,13-14,17,22H,2-8,11-12,15-16H2,1H3. The third kappa shape index (κ3) is 3.74. The van der Waals surface area contributed by atoms with Crippen LogP contribution in [0.15, 0.2) is 30.3 Å². The van der Waals surface area contributed by atoms with Crippen LogP contribution in [-0.4, -0.2) is 4.98 Å². The molecule has 0 atom stereocenters. The lowest BCUT2D eigenvalue weighted by molar-refractivity contribution is 0.350. The van der Waals surface area contributed by atoms with Crippen LogP contribution in [0.2, 0.25) is 0 Å². The van der Waals surface area contributed by atoms with Crippen molar-refractivity contribution in [1.82, 2.24) is 4.98 Å². The molecule has 0 saturated heterocycles. The minimum Gasteiger partial charge on any atom is -0.358 e. The van der Waals surface area contributed by atoms with Gasteiger partial charge in [0.15, 0.2) is 0 Å². The molecule has 120 valence electrons. The Morgan fingerprint density at radius 3 is 1.91 bits per heavy atom. The van der Waals surface area contributed by atoms with E-state index in [4.69, 9.17) is 0 Å². The quantitative estimate of drug-likeness (QED) is 0.600. The zero-order valence-corrected chi connectivity index (χ0v) is 14.2. The van der Waals surface area contributed by atoms with Gasteiger partial charge in [-0.15, -0.1) is 0 Å². The summed E-state index contributed by atoms with van der Waals surface area (Å²) in [4.78, 5) is 3.72. The second-order valence-electron chi connectivity index (χ2n) is 7.51. The summed E-state index contributed by atoms with van der Waals surface area (Å²) >= 11 is 0. The summed E-state index contributed by atoms with van der Waals surface area (Å²) in [6, 6.07) is 11.1. The van der Waals surface area contributed by atoms with E-state index >= 15 is 0 Å². The summed E-state index contributed by atoms with van der Waals surface area (Å²) in [5.41, 5.74) is 3.09. The predicted octanol–water partition coefficient (Wildman–Crippen LogP) is 6.73. The van der Waals surface area contributed by atoms with Gasteiger partial charge >= 0.3 is 0 Å². The molecular weight excluding hydrogens is 266 g/mol. The van der Waals surface area contributed by atoms with E-state index < -0.39 is 0 Å². The van der Waals surface area contributed by atoms with Crippen molar-refractivity contribution in [3.05, 3.63) is 36.0 Å². The molecule has 0 bridgehead atoms. The number of rotatable bonds is 1. The molecule has 1 heterocycles. The SMILES string of the molecule is CC1(c2cc3ccccc3[nH]2)CCCCCCCCCCC1. The van der Waals surface area contributed by atoms with Crippen LogP contribution in [0.25, 0.3) is 10.9 Å². The highest BCUT2D eigenvalue weighted by Crippen LogP contribution is 2.36. The van der Waals surface area contributed by atoms with E-state index in [0.29, 0.717) is 5.41 Å². The Hall–Kier alpha value is -1.24. The summed E-state index contributed by atoms with van der Waals surface area (Å²) in [6.07, 6.45) is 15.5. The molecule has 22 heavy (non-hydrogen) atoms. The molecular formula is C21H31N. The van der Waals surface area contributed by atoms with Crippen LogP contribution in [0.1, 0.15) is 83.2 Å². The Balaban J connectivity index is 1.78. The molecule has 1 aliphatic rings. The molecule has 1 nitrogen and oxygen atoms in total. The molecule has 3 rings (SSSR count). The molecule has 2 aromatic rings. The zero-order valence-electron chi connectivity index (χ0n) is 14.2. The van der Waals surface area contributed by atoms with E-state index in [1.165, 1.54) is 87.2 Å². The average molecular weight is 297 g/mol. The van der Waals surface area contributed by atoms with Gasteiger partial charge in [-0.2, -0.15) is 0 Å². The maximum atomic E-state index is 3.72. The third-order valence-electron chi connectivity index (χ3n) is 5.64. The molecule has 0 unspecified atom stereocenters. The fourth-order valence-corrected chi connectivity index (χ4v) is 4.06. The summed E-state index contributed by atoms with van der Waals surface area (Å²) in [6.45, 7) is 2.49. The van der Waals surface area contributed by atoms with Crippen molar-refractivity contribution in [3.63, 3.8) is 0 Å². The number of hydrogen-bond donors (Lipinski definition) is 1. The first-order valence-corrected chi connectivity index (χ1v) is 9.36. The molecule has 1 aromatic carbocycles. The van der Waals surface area contributed by atoms with E-state index in [-0.39, 0.29) is 0 Å². The van der Waals surface area contributed by atoms with Crippen LogP contribution >= 0.6 is 0 Å². The van der Waals surface area contributed by atoms with Crippen molar-refractivity contribution in [3.8, 4) is 0 Å². The van der Waals surface area contributed by atoms with Crippen LogP contribution < -0.4 is 0 Å². The number of aromatic amines is 1. The van der Waals surface area contributed by atoms with Crippen LogP contribution in [-0.2, 0) is 5.41 Å². The topological polar surface area (TPSA) is 15.8 Å². The minimum absolute atomic E-state index is 0.332. The van der Waals surface area contributed by atoms with Crippen LogP contribution in [0, 0.1) is 0 Å². The third-order valence-corrected chi connectivity index (χ3v) is 5.64. The molecule has 1 aromatic heterocycles. The maximum absolute atomic E-state index is 3.72. The fraction of sp³-hybridized carbons (Fsp3) is 0.619. The Morgan fingerprint density at radius 2 is 1.32 bits per heavy atom. The molecule has 1 N–H and O–H groups in total. The summed E-state index contributed by atoms with van der Waals surface area (Å²) < 4.78 is 0. The Morgan fingerprint density at radius 1 is 0.773 bits per heavy atom. The van der Waals surface area contributed by atoms with E-state index in [9.17, 15) is 0 Å². The lowest BCUT2D eigenvalue weighted by atomic mass is 9.76. The molecule has 1 saturated carbocycles. The number of para-hydroxylation sites is 1. The lowest BCUT2D eigenvalue weighted by Gasteiger charge is -2.29. The van der Waals surface area contributed by atoms with Crippen molar-refractivity contribution < 1.29 is 0 Å². The van der Waals surface area contributed by atoms with Gasteiger partial charge in [-0.25, -0.2) is 0 Å². The second kappa shape index (κ2) is 7.35. The van der Waals surface area contributed by atoms with Crippen molar-refractivity contribution in [2.75, 3.05) is 0 Å². The number of H-pyrrole nitrogens is 1. The van der Waals surface area contributed by atoms with E-state index in [2.05, 4.69) is 42.2 Å². The Bertz CT molecular complexity index is 535. The van der Waals surface area contributed by atoms with Crippen LogP contribution in [0.3, 0.4) is 0 Å². The molecule has 0 amide bonds. The first-order chi connectivity index (χ1) is 10.8. The molecule has 0 spiro atoms. The first-order valence-electron chi connectivity index (χ1n) is 9.36. The highest BCUT2D eigenvalue weighted by atomic mass is 14.7. The monoisotopic (exact) mass is 297 g/mol. The van der Waals surface area contributed by atoms with Crippen molar-refractivity contribution in [1.29, 1.82) is 0 Å². The number of aromatic nitrogens is 1. The molecule has 1 aliphatic carbocycles. The zero-order chi connectivity index (χ0) is 15.3. The van der Waals surface area contributed by atoms with Gasteiger partial charge in [0.1, 0.15) is 0 Å². The number of hydrogen-bond acceptors (Lipinski definition) is 0. The predicted molar refractivity (Wildman–Crippen MR) is 96.4 cm³/mol. The normalized spacial score (nSPS) is 21.1. The smallest absolute Gasteiger partial charge is 0.0456 e. The Labute approximate surface area is 135 Å². The van der Waals surface area contributed by atoms with Gasteiger partial charge in [-0.1, -0.05) is 82.9 Å². The molecule has 1 fully saturated rings. The summed E-state index contributed by atoms with van der Waals surface area (Å²) in [5, 5.41) is 1.37. The van der Waals surface area contributed by atoms with Crippen LogP contribution in [0.4, 0.5) is 0 Å².